The third-order valence-electron chi connectivity index (χ3n) is 3.97. The van der Waals surface area contributed by atoms with Crippen LogP contribution in [-0.4, -0.2) is 28.8 Å². The number of aromatic nitrogens is 1. The highest BCUT2D eigenvalue weighted by Gasteiger charge is 2.56. The van der Waals surface area contributed by atoms with Gasteiger partial charge in [-0.25, -0.2) is 4.98 Å². The normalized spacial score (nSPS) is 39.1. The van der Waals surface area contributed by atoms with Crippen molar-refractivity contribution in [2.24, 2.45) is 11.1 Å². The highest BCUT2D eigenvalue weighted by atomic mass is 32.1. The maximum atomic E-state index is 10.5. The second kappa shape index (κ2) is 3.77. The molecule has 5 heteroatoms. The molecular formula is C11H16N2O2S. The van der Waals surface area contributed by atoms with Crippen LogP contribution in [0.5, 0.6) is 0 Å². The Hall–Kier alpha value is -0.490. The van der Waals surface area contributed by atoms with Crippen LogP contribution in [0, 0.1) is 5.41 Å². The van der Waals surface area contributed by atoms with Gasteiger partial charge in [-0.05, 0) is 19.3 Å². The molecule has 16 heavy (non-hydrogen) atoms. The van der Waals surface area contributed by atoms with Gasteiger partial charge in [0.1, 0.15) is 11.1 Å². The fourth-order valence-electron chi connectivity index (χ4n) is 3.06. The van der Waals surface area contributed by atoms with Crippen LogP contribution in [0.25, 0.3) is 0 Å². The van der Waals surface area contributed by atoms with Gasteiger partial charge in [0.15, 0.2) is 0 Å². The highest BCUT2D eigenvalue weighted by molar-refractivity contribution is 7.09. The second-order valence-corrected chi connectivity index (χ2v) is 5.66. The Morgan fingerprint density at radius 1 is 1.69 bits per heavy atom. The van der Waals surface area contributed by atoms with Gasteiger partial charge in [0.05, 0.1) is 12.2 Å². The smallest absolute Gasteiger partial charge is 0.122 e. The monoisotopic (exact) mass is 240 g/mol. The predicted octanol–water partition coefficient (Wildman–Crippen LogP) is 1.07. The largest absolute Gasteiger partial charge is 0.385 e. The molecule has 3 N–H and O–H groups in total. The summed E-state index contributed by atoms with van der Waals surface area (Å²) < 4.78 is 5.84. The Bertz CT molecular complexity index is 370. The van der Waals surface area contributed by atoms with Gasteiger partial charge in [0.25, 0.3) is 0 Å². The molecule has 0 amide bonds. The van der Waals surface area contributed by atoms with Crippen LogP contribution in [0.1, 0.15) is 30.4 Å². The molecule has 88 valence electrons. The molecule has 3 heterocycles. The molecule has 0 saturated carbocycles. The summed E-state index contributed by atoms with van der Waals surface area (Å²) in [5.74, 6) is 0. The molecule has 1 aromatic heterocycles. The van der Waals surface area contributed by atoms with Crippen molar-refractivity contribution in [1.82, 2.24) is 4.98 Å². The quantitative estimate of drug-likeness (QED) is 0.829. The average molecular weight is 240 g/mol. The molecule has 0 spiro atoms. The van der Waals surface area contributed by atoms with Gasteiger partial charge in [-0.2, -0.15) is 0 Å². The fourth-order valence-corrected chi connectivity index (χ4v) is 3.81. The molecule has 0 aromatic carbocycles. The van der Waals surface area contributed by atoms with E-state index in [0.29, 0.717) is 12.6 Å². The number of aliphatic hydroxyl groups excluding tert-OH is 1. The maximum Gasteiger partial charge on any atom is 0.122 e. The Labute approximate surface area is 98.4 Å². The van der Waals surface area contributed by atoms with E-state index in [-0.39, 0.29) is 11.5 Å². The van der Waals surface area contributed by atoms with Crippen molar-refractivity contribution in [1.29, 1.82) is 0 Å². The van der Waals surface area contributed by atoms with E-state index < -0.39 is 6.10 Å². The molecule has 2 saturated heterocycles. The van der Waals surface area contributed by atoms with Gasteiger partial charge >= 0.3 is 0 Å². The van der Waals surface area contributed by atoms with Crippen LogP contribution in [0.4, 0.5) is 0 Å². The lowest BCUT2D eigenvalue weighted by Gasteiger charge is -2.37. The summed E-state index contributed by atoms with van der Waals surface area (Å²) in [5.41, 5.74) is 5.59. The molecular weight excluding hydrogens is 224 g/mol. The standard InChI is InChI=1S/C11H16N2O2S/c12-6-11(5-7-1-2-8(11)15-7)9(14)10-13-3-4-16-10/h3-4,7-9,14H,1-2,5-6,12H2. The number of hydrogen-bond donors (Lipinski definition) is 2. The summed E-state index contributed by atoms with van der Waals surface area (Å²) in [6.45, 7) is 0.467. The van der Waals surface area contributed by atoms with Crippen molar-refractivity contribution in [2.75, 3.05) is 6.54 Å². The number of fused-ring (bicyclic) bond motifs is 2. The lowest BCUT2D eigenvalue weighted by atomic mass is 9.70. The molecule has 2 aliphatic heterocycles. The summed E-state index contributed by atoms with van der Waals surface area (Å²) in [6, 6.07) is 0. The van der Waals surface area contributed by atoms with Crippen LogP contribution in [0.15, 0.2) is 11.6 Å². The molecule has 4 atom stereocenters. The molecule has 1 aromatic rings. The Morgan fingerprint density at radius 2 is 2.56 bits per heavy atom. The van der Waals surface area contributed by atoms with Crippen molar-refractivity contribution in [3.05, 3.63) is 16.6 Å². The number of hydrogen-bond acceptors (Lipinski definition) is 5. The van der Waals surface area contributed by atoms with Crippen molar-refractivity contribution in [2.45, 2.75) is 37.6 Å². The summed E-state index contributed by atoms with van der Waals surface area (Å²) in [7, 11) is 0. The van der Waals surface area contributed by atoms with E-state index in [1.807, 2.05) is 5.38 Å². The summed E-state index contributed by atoms with van der Waals surface area (Å²) in [4.78, 5) is 4.19. The minimum Gasteiger partial charge on any atom is -0.385 e. The fraction of sp³-hybridized carbons (Fsp3) is 0.727. The van der Waals surface area contributed by atoms with Crippen molar-refractivity contribution in [3.63, 3.8) is 0 Å². The zero-order valence-corrected chi connectivity index (χ0v) is 9.82. The lowest BCUT2D eigenvalue weighted by molar-refractivity contribution is -0.0264. The SMILES string of the molecule is NCC1(C(O)c2nccs2)CC2CCC1O2. The van der Waals surface area contributed by atoms with E-state index >= 15 is 0 Å². The van der Waals surface area contributed by atoms with Gasteiger partial charge in [0, 0.05) is 23.5 Å². The molecule has 2 aliphatic rings. The summed E-state index contributed by atoms with van der Waals surface area (Å²) in [5, 5.41) is 13.1. The van der Waals surface area contributed by atoms with Crippen LogP contribution < -0.4 is 5.73 Å². The van der Waals surface area contributed by atoms with Gasteiger partial charge in [0.2, 0.25) is 0 Å². The summed E-state index contributed by atoms with van der Waals surface area (Å²) in [6.07, 6.45) is 4.55. The van der Waals surface area contributed by atoms with Crippen LogP contribution >= 0.6 is 11.3 Å². The van der Waals surface area contributed by atoms with Crippen LogP contribution in [-0.2, 0) is 4.74 Å². The van der Waals surface area contributed by atoms with E-state index in [1.165, 1.54) is 11.3 Å². The molecule has 4 nitrogen and oxygen atoms in total. The van der Waals surface area contributed by atoms with Crippen molar-refractivity contribution < 1.29 is 9.84 Å². The Kier molecular flexibility index (Phi) is 2.51. The van der Waals surface area contributed by atoms with Crippen molar-refractivity contribution >= 4 is 11.3 Å². The van der Waals surface area contributed by atoms with Gasteiger partial charge in [-0.15, -0.1) is 11.3 Å². The molecule has 3 rings (SSSR count). The lowest BCUT2D eigenvalue weighted by Crippen LogP contribution is -2.44. The number of aliphatic hydroxyl groups is 1. The van der Waals surface area contributed by atoms with E-state index in [4.69, 9.17) is 10.5 Å². The van der Waals surface area contributed by atoms with E-state index in [0.717, 1.165) is 24.3 Å². The zero-order valence-electron chi connectivity index (χ0n) is 9.00. The average Bonchev–Trinajstić information content (AvgIpc) is 3.03. The van der Waals surface area contributed by atoms with E-state index in [2.05, 4.69) is 4.98 Å². The van der Waals surface area contributed by atoms with E-state index in [9.17, 15) is 5.11 Å². The third-order valence-corrected chi connectivity index (χ3v) is 4.79. The molecule has 0 aliphatic carbocycles. The van der Waals surface area contributed by atoms with Crippen LogP contribution in [0.2, 0.25) is 0 Å². The first kappa shape index (κ1) is 10.7. The molecule has 0 radical (unpaired) electrons. The first-order chi connectivity index (χ1) is 7.76. The first-order valence-electron chi connectivity index (χ1n) is 5.69. The Balaban J connectivity index is 1.91. The first-order valence-corrected chi connectivity index (χ1v) is 6.57. The topological polar surface area (TPSA) is 68.4 Å². The third kappa shape index (κ3) is 1.35. The van der Waals surface area contributed by atoms with Crippen molar-refractivity contribution in [3.8, 4) is 0 Å². The molecule has 2 bridgehead atoms. The number of rotatable bonds is 3. The number of nitrogens with zero attached hydrogens (tertiary/aromatic N) is 1. The minimum absolute atomic E-state index is 0.112. The number of ether oxygens (including phenoxy) is 1. The Morgan fingerprint density at radius 3 is 3.06 bits per heavy atom. The zero-order chi connectivity index (χ0) is 11.2. The summed E-state index contributed by atoms with van der Waals surface area (Å²) >= 11 is 1.49. The van der Waals surface area contributed by atoms with Crippen LogP contribution in [0.3, 0.4) is 0 Å². The minimum atomic E-state index is -0.576. The van der Waals surface area contributed by atoms with Gasteiger partial charge in [-0.1, -0.05) is 0 Å². The molecule has 2 fully saturated rings. The highest BCUT2D eigenvalue weighted by Crippen LogP contribution is 2.53. The number of nitrogens with two attached hydrogens (primary N) is 1. The number of thiazole rings is 1. The van der Waals surface area contributed by atoms with Gasteiger partial charge in [-0.3, -0.25) is 0 Å². The van der Waals surface area contributed by atoms with E-state index in [1.54, 1.807) is 6.20 Å². The maximum absolute atomic E-state index is 10.5. The van der Waals surface area contributed by atoms with Gasteiger partial charge < -0.3 is 15.6 Å². The second-order valence-electron chi connectivity index (χ2n) is 4.74. The molecule has 4 unspecified atom stereocenters. The predicted molar refractivity (Wildman–Crippen MR) is 61.1 cm³/mol.